The number of nitro groups is 1. The standard InChI is InChI=1S/C15H7N3O3/c16-8-11-6-13(18(20)21)7-12(9-17)14(11)15(19)10-4-2-1-3-5-10/h1-7H. The largest absolute Gasteiger partial charge is 0.289 e. The van der Waals surface area contributed by atoms with E-state index in [2.05, 4.69) is 0 Å². The van der Waals surface area contributed by atoms with Crippen LogP contribution in [0.3, 0.4) is 0 Å². The van der Waals surface area contributed by atoms with Gasteiger partial charge in [0.1, 0.15) is 12.1 Å². The SMILES string of the molecule is N#Cc1cc([N+](=O)[O-])cc(C#N)c1C(=O)c1ccccc1. The topological polar surface area (TPSA) is 108 Å². The maximum atomic E-state index is 12.4. The molecule has 6 nitrogen and oxygen atoms in total. The molecule has 0 heterocycles. The first-order valence-electron chi connectivity index (χ1n) is 5.81. The molecule has 2 aromatic carbocycles. The Morgan fingerprint density at radius 2 is 1.57 bits per heavy atom. The highest BCUT2D eigenvalue weighted by molar-refractivity contribution is 6.12. The molecule has 0 atom stereocenters. The number of ketones is 1. The van der Waals surface area contributed by atoms with Gasteiger partial charge in [0, 0.05) is 17.7 Å². The molecule has 0 unspecified atom stereocenters. The second-order valence-electron chi connectivity index (χ2n) is 4.09. The lowest BCUT2D eigenvalue weighted by atomic mass is 9.94. The molecule has 0 aliphatic carbocycles. The molecule has 21 heavy (non-hydrogen) atoms. The van der Waals surface area contributed by atoms with Gasteiger partial charge in [-0.15, -0.1) is 0 Å². The van der Waals surface area contributed by atoms with Crippen molar-refractivity contribution in [2.45, 2.75) is 0 Å². The van der Waals surface area contributed by atoms with Crippen molar-refractivity contribution in [2.75, 3.05) is 0 Å². The zero-order chi connectivity index (χ0) is 15.4. The summed E-state index contributed by atoms with van der Waals surface area (Å²) in [4.78, 5) is 22.5. The fraction of sp³-hybridized carbons (Fsp3) is 0. The van der Waals surface area contributed by atoms with Crippen LogP contribution in [0.2, 0.25) is 0 Å². The van der Waals surface area contributed by atoms with Crippen LogP contribution >= 0.6 is 0 Å². The third-order valence-corrected chi connectivity index (χ3v) is 2.84. The molecule has 0 amide bonds. The minimum absolute atomic E-state index is 0.114. The number of hydrogen-bond acceptors (Lipinski definition) is 5. The number of carbonyl (C=O) groups excluding carboxylic acids is 1. The molecule has 0 aromatic heterocycles. The number of carbonyl (C=O) groups is 1. The molecule has 0 fully saturated rings. The molecule has 6 heteroatoms. The van der Waals surface area contributed by atoms with Crippen molar-refractivity contribution in [3.8, 4) is 12.1 Å². The molecule has 0 aliphatic rings. The lowest BCUT2D eigenvalue weighted by Gasteiger charge is -2.06. The van der Waals surface area contributed by atoms with Crippen molar-refractivity contribution in [1.29, 1.82) is 10.5 Å². The lowest BCUT2D eigenvalue weighted by Crippen LogP contribution is -2.08. The zero-order valence-corrected chi connectivity index (χ0v) is 10.6. The Balaban J connectivity index is 2.69. The van der Waals surface area contributed by atoms with Crippen LogP contribution in [-0.2, 0) is 0 Å². The smallest absolute Gasteiger partial charge is 0.272 e. The summed E-state index contributed by atoms with van der Waals surface area (Å²) in [6.07, 6.45) is 0. The van der Waals surface area contributed by atoms with Crippen LogP contribution < -0.4 is 0 Å². The second-order valence-corrected chi connectivity index (χ2v) is 4.09. The third-order valence-electron chi connectivity index (χ3n) is 2.84. The van der Waals surface area contributed by atoms with E-state index in [4.69, 9.17) is 10.5 Å². The van der Waals surface area contributed by atoms with E-state index < -0.39 is 16.4 Å². The Morgan fingerprint density at radius 3 is 2.00 bits per heavy atom. The molecule has 0 bridgehead atoms. The second kappa shape index (κ2) is 5.64. The molecule has 2 aromatic rings. The summed E-state index contributed by atoms with van der Waals surface area (Å²) in [5.41, 5.74) is -0.576. The Morgan fingerprint density at radius 1 is 1.05 bits per heavy atom. The number of nitriles is 2. The first kappa shape index (κ1) is 13.9. The van der Waals surface area contributed by atoms with E-state index in [1.165, 1.54) is 0 Å². The van der Waals surface area contributed by atoms with Crippen LogP contribution in [0.15, 0.2) is 42.5 Å². The van der Waals surface area contributed by atoms with Gasteiger partial charge in [-0.1, -0.05) is 30.3 Å². The number of nitro benzene ring substituents is 1. The minimum Gasteiger partial charge on any atom is -0.289 e. The first-order valence-corrected chi connectivity index (χ1v) is 5.81. The Kier molecular flexibility index (Phi) is 3.74. The van der Waals surface area contributed by atoms with Gasteiger partial charge >= 0.3 is 0 Å². The molecular formula is C15H7N3O3. The number of nitrogens with zero attached hydrogens (tertiary/aromatic N) is 3. The van der Waals surface area contributed by atoms with Crippen LogP contribution in [-0.4, -0.2) is 10.7 Å². The Labute approximate surface area is 119 Å². The van der Waals surface area contributed by atoms with Gasteiger partial charge in [-0.3, -0.25) is 14.9 Å². The van der Waals surface area contributed by atoms with Gasteiger partial charge in [-0.25, -0.2) is 0 Å². The average molecular weight is 277 g/mol. The maximum Gasteiger partial charge on any atom is 0.272 e. The summed E-state index contributed by atoms with van der Waals surface area (Å²) in [5.74, 6) is -0.515. The fourth-order valence-electron chi connectivity index (χ4n) is 1.89. The molecule has 0 N–H and O–H groups in total. The third kappa shape index (κ3) is 2.60. The highest BCUT2D eigenvalue weighted by Gasteiger charge is 2.22. The fourth-order valence-corrected chi connectivity index (χ4v) is 1.89. The summed E-state index contributed by atoms with van der Waals surface area (Å²) in [6.45, 7) is 0. The summed E-state index contributed by atoms with van der Waals surface area (Å²) in [5, 5.41) is 29.0. The van der Waals surface area contributed by atoms with E-state index in [1.807, 2.05) is 0 Å². The number of non-ortho nitro benzene ring substituents is 1. The molecule has 0 saturated heterocycles. The van der Waals surface area contributed by atoms with E-state index in [9.17, 15) is 14.9 Å². The quantitative estimate of drug-likeness (QED) is 0.486. The van der Waals surface area contributed by atoms with Gasteiger partial charge in [0.05, 0.1) is 21.6 Å². The summed E-state index contributed by atoms with van der Waals surface area (Å²) >= 11 is 0. The van der Waals surface area contributed by atoms with Gasteiger partial charge < -0.3 is 0 Å². The van der Waals surface area contributed by atoms with Gasteiger partial charge in [-0.2, -0.15) is 10.5 Å². The Bertz CT molecular complexity index is 779. The summed E-state index contributed by atoms with van der Waals surface area (Å²) in [7, 11) is 0. The first-order chi connectivity index (χ1) is 10.1. The number of benzene rings is 2. The highest BCUT2D eigenvalue weighted by Crippen LogP contribution is 2.24. The zero-order valence-electron chi connectivity index (χ0n) is 10.6. The van der Waals surface area contributed by atoms with Crippen LogP contribution in [0.1, 0.15) is 27.0 Å². The van der Waals surface area contributed by atoms with Gasteiger partial charge in [0.15, 0.2) is 5.78 Å². The number of hydrogen-bond donors (Lipinski definition) is 0. The predicted octanol–water partition coefficient (Wildman–Crippen LogP) is 2.57. The van der Waals surface area contributed by atoms with E-state index in [0.717, 1.165) is 12.1 Å². The van der Waals surface area contributed by atoms with Crippen molar-refractivity contribution < 1.29 is 9.72 Å². The van der Waals surface area contributed by atoms with E-state index >= 15 is 0 Å². The Hall–Kier alpha value is -3.51. The van der Waals surface area contributed by atoms with Crippen LogP contribution in [0.5, 0.6) is 0 Å². The summed E-state index contributed by atoms with van der Waals surface area (Å²) in [6, 6.07) is 13.6. The van der Waals surface area contributed by atoms with Gasteiger partial charge in [0.25, 0.3) is 5.69 Å². The molecule has 0 radical (unpaired) electrons. The average Bonchev–Trinajstić information content (AvgIpc) is 2.53. The molecule has 0 aliphatic heterocycles. The van der Waals surface area contributed by atoms with Gasteiger partial charge in [0.2, 0.25) is 0 Å². The van der Waals surface area contributed by atoms with Crippen molar-refractivity contribution >= 4 is 11.5 Å². The maximum absolute atomic E-state index is 12.4. The monoisotopic (exact) mass is 277 g/mol. The van der Waals surface area contributed by atoms with Crippen molar-refractivity contribution in [3.05, 3.63) is 74.8 Å². The molecular weight excluding hydrogens is 270 g/mol. The van der Waals surface area contributed by atoms with E-state index in [-0.39, 0.29) is 16.7 Å². The highest BCUT2D eigenvalue weighted by atomic mass is 16.6. The van der Waals surface area contributed by atoms with E-state index in [0.29, 0.717) is 5.56 Å². The van der Waals surface area contributed by atoms with Crippen molar-refractivity contribution in [3.63, 3.8) is 0 Å². The van der Waals surface area contributed by atoms with Crippen LogP contribution in [0.25, 0.3) is 0 Å². The van der Waals surface area contributed by atoms with Gasteiger partial charge in [-0.05, 0) is 0 Å². The molecule has 100 valence electrons. The van der Waals surface area contributed by atoms with Crippen molar-refractivity contribution in [2.24, 2.45) is 0 Å². The minimum atomic E-state index is -0.710. The van der Waals surface area contributed by atoms with Crippen molar-refractivity contribution in [1.82, 2.24) is 0 Å². The van der Waals surface area contributed by atoms with Crippen LogP contribution in [0.4, 0.5) is 5.69 Å². The lowest BCUT2D eigenvalue weighted by molar-refractivity contribution is -0.384. The van der Waals surface area contributed by atoms with Crippen LogP contribution in [0, 0.1) is 32.8 Å². The predicted molar refractivity (Wildman–Crippen MR) is 72.4 cm³/mol. The normalized spacial score (nSPS) is 9.43. The molecule has 0 spiro atoms. The van der Waals surface area contributed by atoms with E-state index in [1.54, 1.807) is 42.5 Å². The summed E-state index contributed by atoms with van der Waals surface area (Å²) < 4.78 is 0. The molecule has 2 rings (SSSR count). The number of rotatable bonds is 3. The molecule has 0 saturated carbocycles.